The van der Waals surface area contributed by atoms with Crippen LogP contribution in [0.25, 0.3) is 0 Å². The van der Waals surface area contributed by atoms with Crippen molar-refractivity contribution in [2.24, 2.45) is 11.0 Å². The molecule has 2 N–H and O–H groups in total. The van der Waals surface area contributed by atoms with E-state index in [0.717, 1.165) is 5.01 Å². The minimum absolute atomic E-state index is 0.282. The van der Waals surface area contributed by atoms with E-state index in [-0.39, 0.29) is 5.56 Å². The lowest BCUT2D eigenvalue weighted by Crippen LogP contribution is -2.17. The fourth-order valence-corrected chi connectivity index (χ4v) is 1.01. The molecule has 0 radical (unpaired) electrons. The summed E-state index contributed by atoms with van der Waals surface area (Å²) >= 11 is 0. The number of carbonyl (C=O) groups excluding carboxylic acids is 1. The number of amides is 1. The number of carbonyl (C=O) groups is 1. The van der Waals surface area contributed by atoms with Crippen molar-refractivity contribution in [1.29, 1.82) is 0 Å². The molecule has 1 amide bonds. The van der Waals surface area contributed by atoms with E-state index >= 15 is 0 Å². The smallest absolute Gasteiger partial charge is 0.250 e. The van der Waals surface area contributed by atoms with Gasteiger partial charge in [0.1, 0.15) is 0 Å². The third-order valence-corrected chi connectivity index (χ3v) is 1.64. The molecule has 0 bridgehead atoms. The Labute approximate surface area is 75.1 Å². The molecule has 5 nitrogen and oxygen atoms in total. The zero-order valence-electron chi connectivity index (χ0n) is 7.10. The van der Waals surface area contributed by atoms with Gasteiger partial charge in [0.25, 0.3) is 5.91 Å². The maximum absolute atomic E-state index is 10.9. The highest BCUT2D eigenvalue weighted by Crippen LogP contribution is 2.18. The molecular formula is C8H9N3O2. The Balaban J connectivity index is 3.19. The van der Waals surface area contributed by atoms with E-state index in [1.807, 2.05) is 0 Å². The second-order valence-electron chi connectivity index (χ2n) is 2.49. The maximum atomic E-state index is 10.9. The lowest BCUT2D eigenvalue weighted by Gasteiger charge is -2.11. The number of benzene rings is 1. The largest absolute Gasteiger partial charge is 0.366 e. The van der Waals surface area contributed by atoms with Gasteiger partial charge in [-0.25, -0.2) is 5.01 Å². The molecule has 0 aliphatic rings. The van der Waals surface area contributed by atoms with Gasteiger partial charge in [0, 0.05) is 7.05 Å². The van der Waals surface area contributed by atoms with Crippen molar-refractivity contribution < 1.29 is 4.79 Å². The van der Waals surface area contributed by atoms with E-state index in [4.69, 9.17) is 5.73 Å². The third-order valence-electron chi connectivity index (χ3n) is 1.64. The van der Waals surface area contributed by atoms with Crippen LogP contribution in [0.1, 0.15) is 10.4 Å². The maximum Gasteiger partial charge on any atom is 0.250 e. The topological polar surface area (TPSA) is 75.8 Å². The molecule has 1 aromatic rings. The second-order valence-corrected chi connectivity index (χ2v) is 2.49. The van der Waals surface area contributed by atoms with Crippen LogP contribution >= 0.6 is 0 Å². The molecule has 0 aliphatic heterocycles. The van der Waals surface area contributed by atoms with Crippen LogP contribution in [-0.4, -0.2) is 13.0 Å². The van der Waals surface area contributed by atoms with Crippen molar-refractivity contribution >= 4 is 11.6 Å². The number of nitrogens with zero attached hydrogens (tertiary/aromatic N) is 2. The molecule has 68 valence electrons. The summed E-state index contributed by atoms with van der Waals surface area (Å²) in [6.45, 7) is 0. The van der Waals surface area contributed by atoms with Crippen LogP contribution < -0.4 is 10.7 Å². The summed E-state index contributed by atoms with van der Waals surface area (Å²) in [7, 11) is 1.45. The van der Waals surface area contributed by atoms with E-state index in [9.17, 15) is 9.70 Å². The van der Waals surface area contributed by atoms with Crippen LogP contribution in [0.5, 0.6) is 0 Å². The Morgan fingerprint density at radius 1 is 1.46 bits per heavy atom. The predicted octanol–water partition coefficient (Wildman–Crippen LogP) is 0.903. The Morgan fingerprint density at radius 3 is 2.62 bits per heavy atom. The Hall–Kier alpha value is -1.91. The standard InChI is InChI=1S/C8H9N3O2/c1-11(10-13)7-5-3-2-4-6(7)8(9)12/h2-5H,1H3,(H2,9,12). The van der Waals surface area contributed by atoms with Crippen molar-refractivity contribution in [3.8, 4) is 0 Å². The first-order chi connectivity index (χ1) is 6.16. The highest BCUT2D eigenvalue weighted by molar-refractivity contribution is 5.98. The quantitative estimate of drug-likeness (QED) is 0.553. The Bertz CT molecular complexity index is 338. The normalized spacial score (nSPS) is 9.31. The van der Waals surface area contributed by atoms with Gasteiger partial charge in [-0.15, -0.1) is 4.91 Å². The van der Waals surface area contributed by atoms with Gasteiger partial charge in [0.15, 0.2) is 0 Å². The number of nitroso groups, excluding NO2 is 1. The average molecular weight is 179 g/mol. The van der Waals surface area contributed by atoms with Crippen LogP contribution in [0.2, 0.25) is 0 Å². The number of nitrogens with two attached hydrogens (primary N) is 1. The van der Waals surface area contributed by atoms with Gasteiger partial charge in [0.2, 0.25) is 0 Å². The van der Waals surface area contributed by atoms with E-state index in [1.54, 1.807) is 24.3 Å². The van der Waals surface area contributed by atoms with Crippen molar-refractivity contribution in [1.82, 2.24) is 0 Å². The molecule has 13 heavy (non-hydrogen) atoms. The molecule has 0 spiro atoms. The van der Waals surface area contributed by atoms with Crippen LogP contribution in [0.4, 0.5) is 5.69 Å². The molecule has 1 aromatic carbocycles. The van der Waals surface area contributed by atoms with E-state index in [0.29, 0.717) is 5.69 Å². The average Bonchev–Trinajstić information content (AvgIpc) is 2.16. The van der Waals surface area contributed by atoms with Gasteiger partial charge in [-0.3, -0.25) is 4.79 Å². The molecule has 5 heteroatoms. The second kappa shape index (κ2) is 3.66. The summed E-state index contributed by atoms with van der Waals surface area (Å²) in [5.74, 6) is -0.578. The summed E-state index contributed by atoms with van der Waals surface area (Å²) in [6.07, 6.45) is 0. The number of rotatable bonds is 3. The number of primary amides is 1. The molecule has 0 unspecified atom stereocenters. The SMILES string of the molecule is CN(N=O)c1ccccc1C(N)=O. The Kier molecular flexibility index (Phi) is 2.59. The summed E-state index contributed by atoms with van der Waals surface area (Å²) in [5.41, 5.74) is 5.79. The zero-order valence-corrected chi connectivity index (χ0v) is 7.10. The number of hydrogen-bond acceptors (Lipinski definition) is 3. The summed E-state index contributed by atoms with van der Waals surface area (Å²) in [4.78, 5) is 21.1. The number of anilines is 1. The highest BCUT2D eigenvalue weighted by atomic mass is 16.3. The molecule has 0 atom stereocenters. The minimum Gasteiger partial charge on any atom is -0.366 e. The summed E-state index contributed by atoms with van der Waals surface area (Å²) < 4.78 is 0. The molecule has 0 saturated heterocycles. The third kappa shape index (κ3) is 1.81. The fourth-order valence-electron chi connectivity index (χ4n) is 1.01. The summed E-state index contributed by atoms with van der Waals surface area (Å²) in [6, 6.07) is 6.51. The highest BCUT2D eigenvalue weighted by Gasteiger charge is 2.10. The lowest BCUT2D eigenvalue weighted by atomic mass is 10.1. The zero-order chi connectivity index (χ0) is 9.84. The van der Waals surface area contributed by atoms with Gasteiger partial charge in [0.05, 0.1) is 16.5 Å². The van der Waals surface area contributed by atoms with Gasteiger partial charge < -0.3 is 5.73 Å². The molecular weight excluding hydrogens is 170 g/mol. The van der Waals surface area contributed by atoms with Crippen molar-refractivity contribution in [3.63, 3.8) is 0 Å². The molecule has 1 rings (SSSR count). The number of para-hydroxylation sites is 1. The van der Waals surface area contributed by atoms with Crippen molar-refractivity contribution in [2.45, 2.75) is 0 Å². The predicted molar refractivity (Wildman–Crippen MR) is 49.2 cm³/mol. The van der Waals surface area contributed by atoms with Crippen LogP contribution in [0.3, 0.4) is 0 Å². The van der Waals surface area contributed by atoms with Crippen molar-refractivity contribution in [2.75, 3.05) is 12.1 Å². The first-order valence-electron chi connectivity index (χ1n) is 3.62. The molecule has 0 saturated carbocycles. The van der Waals surface area contributed by atoms with Crippen LogP contribution in [0, 0.1) is 4.91 Å². The van der Waals surface area contributed by atoms with E-state index < -0.39 is 5.91 Å². The van der Waals surface area contributed by atoms with Gasteiger partial charge in [-0.2, -0.15) is 0 Å². The first-order valence-corrected chi connectivity index (χ1v) is 3.62. The minimum atomic E-state index is -0.578. The molecule has 0 aliphatic carbocycles. The van der Waals surface area contributed by atoms with Gasteiger partial charge in [-0.1, -0.05) is 12.1 Å². The Morgan fingerprint density at radius 2 is 2.08 bits per heavy atom. The van der Waals surface area contributed by atoms with Crippen molar-refractivity contribution in [3.05, 3.63) is 34.7 Å². The first kappa shape index (κ1) is 9.18. The van der Waals surface area contributed by atoms with Crippen LogP contribution in [-0.2, 0) is 0 Å². The van der Waals surface area contributed by atoms with Crippen LogP contribution in [0.15, 0.2) is 29.6 Å². The number of hydrogen-bond donors (Lipinski definition) is 1. The molecule has 0 heterocycles. The summed E-state index contributed by atoms with van der Waals surface area (Å²) in [5, 5.41) is 3.73. The molecule has 0 fully saturated rings. The van der Waals surface area contributed by atoms with Gasteiger partial charge in [-0.05, 0) is 12.1 Å². The van der Waals surface area contributed by atoms with E-state index in [1.165, 1.54) is 7.05 Å². The van der Waals surface area contributed by atoms with Gasteiger partial charge >= 0.3 is 0 Å². The van der Waals surface area contributed by atoms with E-state index in [2.05, 4.69) is 5.29 Å². The monoisotopic (exact) mass is 179 g/mol. The lowest BCUT2D eigenvalue weighted by molar-refractivity contribution is 0.100. The molecule has 0 aromatic heterocycles. The fraction of sp³-hybridized carbons (Fsp3) is 0.125.